The van der Waals surface area contributed by atoms with Crippen molar-refractivity contribution >= 4 is 14.1 Å². The summed E-state index contributed by atoms with van der Waals surface area (Å²) in [7, 11) is 1.53. The predicted molar refractivity (Wildman–Crippen MR) is 124 cm³/mol. The highest BCUT2D eigenvalue weighted by atomic mass is 31.2. The lowest BCUT2D eigenvalue weighted by Crippen LogP contribution is -2.51. The van der Waals surface area contributed by atoms with Crippen molar-refractivity contribution in [2.45, 2.75) is 56.6 Å². The smallest absolute Gasteiger partial charge is 0.218 e. The van der Waals surface area contributed by atoms with Gasteiger partial charge in [0.1, 0.15) is 0 Å². The summed E-state index contributed by atoms with van der Waals surface area (Å²) in [6.45, 7) is 1.05. The second-order valence-corrected chi connectivity index (χ2v) is 12.1. The van der Waals surface area contributed by atoms with Gasteiger partial charge in [-0.2, -0.15) is 0 Å². The van der Waals surface area contributed by atoms with E-state index in [-0.39, 0.29) is 5.60 Å². The van der Waals surface area contributed by atoms with Crippen LogP contribution in [0, 0.1) is 17.8 Å². The largest absolute Gasteiger partial charge is 0.320 e. The molecule has 1 saturated heterocycles. The Morgan fingerprint density at radius 2 is 1.43 bits per heavy atom. The van der Waals surface area contributed by atoms with Crippen molar-refractivity contribution in [2.24, 2.45) is 17.8 Å². The van der Waals surface area contributed by atoms with E-state index >= 15 is 0 Å². The molecule has 4 heteroatoms. The molecule has 4 aliphatic carbocycles. The maximum Gasteiger partial charge on any atom is 0.218 e. The molecule has 5 aliphatic rings. The van der Waals surface area contributed by atoms with Gasteiger partial charge in [0.15, 0.2) is 0 Å². The molecule has 30 heavy (non-hydrogen) atoms. The third kappa shape index (κ3) is 3.49. The first-order valence-electron chi connectivity index (χ1n) is 11.8. The molecule has 0 N–H and O–H groups in total. The summed E-state index contributed by atoms with van der Waals surface area (Å²) < 4.78 is 12.4. The van der Waals surface area contributed by atoms with Crippen molar-refractivity contribution < 1.29 is 4.52 Å². The average molecular weight is 421 g/mol. The highest BCUT2D eigenvalue weighted by Crippen LogP contribution is 2.64. The summed E-state index contributed by atoms with van der Waals surface area (Å²) in [5.41, 5.74) is 2.88. The van der Waals surface area contributed by atoms with Crippen LogP contribution < -0.4 is 4.67 Å². The van der Waals surface area contributed by atoms with Crippen molar-refractivity contribution in [1.29, 1.82) is 0 Å². The summed E-state index contributed by atoms with van der Waals surface area (Å²) in [6.07, 6.45) is 9.40. The van der Waals surface area contributed by atoms with Gasteiger partial charge in [0.05, 0.1) is 5.60 Å². The lowest BCUT2D eigenvalue weighted by Gasteiger charge is -2.57. The topological polar surface area (TPSA) is 15.7 Å². The van der Waals surface area contributed by atoms with Crippen LogP contribution in [0.25, 0.3) is 0 Å². The van der Waals surface area contributed by atoms with Crippen LogP contribution in [0.1, 0.15) is 44.1 Å². The van der Waals surface area contributed by atoms with Crippen LogP contribution in [0.2, 0.25) is 0 Å². The predicted octanol–water partition coefficient (Wildman–Crippen LogP) is 6.26. The van der Waals surface area contributed by atoms with E-state index in [0.29, 0.717) is 6.04 Å². The molecule has 2 atom stereocenters. The number of nitrogens with zero attached hydrogens (tertiary/aromatic N) is 2. The summed E-state index contributed by atoms with van der Waals surface area (Å²) in [4.78, 5) is 0. The molecule has 4 saturated carbocycles. The quantitative estimate of drug-likeness (QED) is 0.531. The van der Waals surface area contributed by atoms with Gasteiger partial charge in [-0.15, -0.1) is 0 Å². The Morgan fingerprint density at radius 1 is 0.867 bits per heavy atom. The molecular formula is C26H33N2OP. The number of hydrogen-bond acceptors (Lipinski definition) is 3. The highest BCUT2D eigenvalue weighted by Gasteiger charge is 2.54. The fourth-order valence-electron chi connectivity index (χ4n) is 7.01. The Labute approximate surface area is 182 Å². The molecule has 5 fully saturated rings. The number of para-hydroxylation sites is 1. The molecule has 3 nitrogen and oxygen atoms in total. The van der Waals surface area contributed by atoms with Crippen LogP contribution in [0.15, 0.2) is 60.7 Å². The van der Waals surface area contributed by atoms with Crippen molar-refractivity contribution in [1.82, 2.24) is 4.67 Å². The molecule has 158 valence electrons. The Kier molecular flexibility index (Phi) is 4.90. The van der Waals surface area contributed by atoms with Gasteiger partial charge in [-0.1, -0.05) is 48.5 Å². The maximum atomic E-state index is 7.28. The van der Waals surface area contributed by atoms with E-state index < -0.39 is 8.45 Å². The van der Waals surface area contributed by atoms with E-state index in [0.717, 1.165) is 30.7 Å². The molecule has 1 heterocycles. The minimum atomic E-state index is -0.776. The lowest BCUT2D eigenvalue weighted by molar-refractivity contribution is -0.105. The molecule has 0 spiro atoms. The van der Waals surface area contributed by atoms with E-state index in [9.17, 15) is 0 Å². The Hall–Kier alpha value is -1.41. The van der Waals surface area contributed by atoms with Gasteiger partial charge < -0.3 is 9.19 Å². The fraction of sp³-hybridized carbons (Fsp3) is 0.538. The van der Waals surface area contributed by atoms with Gasteiger partial charge >= 0.3 is 0 Å². The minimum Gasteiger partial charge on any atom is -0.320 e. The number of benzene rings is 2. The molecule has 7 rings (SSSR count). The van der Waals surface area contributed by atoms with Crippen LogP contribution in [0.4, 0.5) is 5.69 Å². The summed E-state index contributed by atoms with van der Waals surface area (Å²) in [6, 6.07) is 22.4. The van der Waals surface area contributed by atoms with Crippen LogP contribution >= 0.6 is 8.45 Å². The minimum absolute atomic E-state index is 0.142. The van der Waals surface area contributed by atoms with E-state index in [1.54, 1.807) is 0 Å². The third-order valence-corrected chi connectivity index (χ3v) is 10.2. The summed E-state index contributed by atoms with van der Waals surface area (Å²) in [5.74, 6) is 2.76. The second kappa shape index (κ2) is 7.62. The zero-order chi connectivity index (χ0) is 20.1. The Bertz CT molecular complexity index is 838. The fourth-order valence-corrected chi connectivity index (χ4v) is 9.25. The summed E-state index contributed by atoms with van der Waals surface area (Å²) in [5, 5.41) is 0. The molecule has 2 aromatic rings. The zero-order valence-corrected chi connectivity index (χ0v) is 18.9. The van der Waals surface area contributed by atoms with Gasteiger partial charge in [0, 0.05) is 18.3 Å². The molecular weight excluding hydrogens is 387 g/mol. The molecule has 2 aromatic carbocycles. The third-order valence-electron chi connectivity index (χ3n) is 8.01. The van der Waals surface area contributed by atoms with Crippen molar-refractivity contribution in [3.63, 3.8) is 0 Å². The number of likely N-dealkylation sites (N-methyl/N-ethyl adjacent to an activating group) is 1. The summed E-state index contributed by atoms with van der Waals surface area (Å²) >= 11 is 0. The highest BCUT2D eigenvalue weighted by molar-refractivity contribution is 7.52. The Balaban J connectivity index is 1.28. The normalized spacial score (nSPS) is 37.8. The number of hydrogen-bond donors (Lipinski definition) is 0. The van der Waals surface area contributed by atoms with E-state index in [4.69, 9.17) is 4.52 Å². The lowest BCUT2D eigenvalue weighted by atomic mass is 9.54. The van der Waals surface area contributed by atoms with Gasteiger partial charge in [-0.25, -0.2) is 4.67 Å². The van der Waals surface area contributed by atoms with Crippen LogP contribution in [-0.2, 0) is 10.9 Å². The van der Waals surface area contributed by atoms with E-state index in [2.05, 4.69) is 77.1 Å². The number of anilines is 1. The van der Waals surface area contributed by atoms with E-state index in [1.807, 2.05) is 0 Å². The molecule has 4 bridgehead atoms. The standard InChI is InChI=1S/C26H33N2OP/c1-27-25(15-20-8-4-2-5-9-20)19-28(24-10-6-3-7-11-24)30(27)29-26-16-21-12-22(17-26)14-23(13-21)18-26/h2-11,21-23,25H,12-19H2,1H3/t21?,22?,23?,25-,26?,30?/m0/s1. The SMILES string of the molecule is CN1[C@@H](Cc2ccccc2)CN(c2ccccc2)P1OC12CC3CC(CC(C3)C1)C2. The van der Waals surface area contributed by atoms with Crippen molar-refractivity contribution in [3.8, 4) is 0 Å². The Morgan fingerprint density at radius 3 is 2.03 bits per heavy atom. The number of rotatable bonds is 5. The van der Waals surface area contributed by atoms with Gasteiger partial charge in [-0.3, -0.25) is 0 Å². The first-order chi connectivity index (χ1) is 14.7. The van der Waals surface area contributed by atoms with Crippen molar-refractivity contribution in [3.05, 3.63) is 66.2 Å². The molecule has 0 amide bonds. The van der Waals surface area contributed by atoms with Crippen LogP contribution in [0.3, 0.4) is 0 Å². The van der Waals surface area contributed by atoms with Crippen molar-refractivity contribution in [2.75, 3.05) is 18.3 Å². The maximum absolute atomic E-state index is 7.28. The van der Waals surface area contributed by atoms with Gasteiger partial charge in [0.25, 0.3) is 0 Å². The first-order valence-corrected chi connectivity index (χ1v) is 12.9. The van der Waals surface area contributed by atoms with Crippen LogP contribution in [-0.4, -0.2) is 29.9 Å². The monoisotopic (exact) mass is 420 g/mol. The van der Waals surface area contributed by atoms with Gasteiger partial charge in [-0.05, 0) is 87.4 Å². The molecule has 1 unspecified atom stereocenters. The molecule has 1 aliphatic heterocycles. The second-order valence-electron chi connectivity index (χ2n) is 10.3. The van der Waals surface area contributed by atoms with Crippen LogP contribution in [0.5, 0.6) is 0 Å². The first kappa shape index (κ1) is 19.3. The zero-order valence-electron chi connectivity index (χ0n) is 18.0. The van der Waals surface area contributed by atoms with Gasteiger partial charge in [0.2, 0.25) is 8.45 Å². The van der Waals surface area contributed by atoms with E-state index in [1.165, 1.54) is 49.8 Å². The molecule has 0 radical (unpaired) electrons. The molecule has 0 aromatic heterocycles. The average Bonchev–Trinajstić information content (AvgIpc) is 3.03.